The third-order valence-electron chi connectivity index (χ3n) is 7.07. The molecule has 0 unspecified atom stereocenters. The molecule has 2 N–H and O–H groups in total. The van der Waals surface area contributed by atoms with Gasteiger partial charge in [-0.05, 0) is 92.8 Å². The Bertz CT molecular complexity index is 1090. The van der Waals surface area contributed by atoms with Gasteiger partial charge in [0.25, 0.3) is 0 Å². The molecule has 1 saturated heterocycles. The van der Waals surface area contributed by atoms with Gasteiger partial charge in [0.05, 0.1) is 0 Å². The number of rotatable bonds is 8. The Balaban J connectivity index is 1.27. The van der Waals surface area contributed by atoms with Gasteiger partial charge in [-0.2, -0.15) is 0 Å². The average Bonchev–Trinajstić information content (AvgIpc) is 3.49. The van der Waals surface area contributed by atoms with E-state index in [9.17, 15) is 0 Å². The minimum Gasteiger partial charge on any atom is -0.361 e. The maximum absolute atomic E-state index is 3.94. The summed E-state index contributed by atoms with van der Waals surface area (Å²) in [6.07, 6.45) is 14.4. The Morgan fingerprint density at radius 3 is 2.52 bits per heavy atom. The first-order valence-electron chi connectivity index (χ1n) is 11.5. The zero-order valence-electron chi connectivity index (χ0n) is 18.1. The second-order valence-corrected chi connectivity index (χ2v) is 9.00. The van der Waals surface area contributed by atoms with Crippen LogP contribution in [0.4, 0.5) is 0 Å². The molecule has 3 heterocycles. The molecule has 0 amide bonds. The van der Waals surface area contributed by atoms with Crippen molar-refractivity contribution in [3.8, 4) is 5.69 Å². The van der Waals surface area contributed by atoms with Crippen molar-refractivity contribution in [2.24, 2.45) is 5.41 Å². The van der Waals surface area contributed by atoms with Gasteiger partial charge >= 0.3 is 0 Å². The summed E-state index contributed by atoms with van der Waals surface area (Å²) < 4.78 is 1.96. The topological polar surface area (TPSA) is 58.5 Å². The molecule has 0 spiro atoms. The van der Waals surface area contributed by atoms with Crippen LogP contribution in [0.1, 0.15) is 43.2 Å². The Morgan fingerprint density at radius 1 is 0.903 bits per heavy atom. The Hall–Kier alpha value is -2.92. The van der Waals surface area contributed by atoms with Crippen LogP contribution >= 0.6 is 0 Å². The predicted octanol–water partition coefficient (Wildman–Crippen LogP) is 5.07. The quantitative estimate of drug-likeness (QED) is 0.424. The highest BCUT2D eigenvalue weighted by Crippen LogP contribution is 2.39. The molecule has 5 rings (SSSR count). The molecule has 1 aliphatic heterocycles. The number of hydrogen-bond acceptors (Lipinski definition) is 3. The number of aryl methyl sites for hydroxylation is 2. The third-order valence-corrected chi connectivity index (χ3v) is 7.07. The summed E-state index contributed by atoms with van der Waals surface area (Å²) in [7, 11) is 0. The van der Waals surface area contributed by atoms with Gasteiger partial charge < -0.3 is 10.3 Å². The molecule has 5 nitrogen and oxygen atoms in total. The largest absolute Gasteiger partial charge is 0.361 e. The predicted molar refractivity (Wildman–Crippen MR) is 125 cm³/mol. The van der Waals surface area contributed by atoms with Gasteiger partial charge in [-0.3, -0.25) is 4.57 Å². The molecular weight excluding hydrogens is 382 g/mol. The first-order chi connectivity index (χ1) is 15.3. The highest BCUT2D eigenvalue weighted by Gasteiger charge is 2.31. The summed E-state index contributed by atoms with van der Waals surface area (Å²) in [5.41, 5.74) is 5.67. The SMILES string of the molecule is c1ccc(CCC2(CCCc3c[nH]c4ccc(-n5cnnc5)cc34)CCNCC2)cc1. The van der Waals surface area contributed by atoms with E-state index in [2.05, 4.69) is 75.2 Å². The highest BCUT2D eigenvalue weighted by molar-refractivity contribution is 5.85. The molecule has 2 aromatic heterocycles. The van der Waals surface area contributed by atoms with E-state index in [4.69, 9.17) is 0 Å². The lowest BCUT2D eigenvalue weighted by Crippen LogP contribution is -2.37. The summed E-state index contributed by atoms with van der Waals surface area (Å²) in [4.78, 5) is 3.45. The van der Waals surface area contributed by atoms with Crippen molar-refractivity contribution < 1.29 is 0 Å². The van der Waals surface area contributed by atoms with Crippen molar-refractivity contribution in [1.82, 2.24) is 25.1 Å². The normalized spacial score (nSPS) is 16.0. The first kappa shape index (κ1) is 20.0. The Kier molecular flexibility index (Phi) is 5.85. The van der Waals surface area contributed by atoms with Crippen LogP contribution in [-0.2, 0) is 12.8 Å². The molecule has 4 aromatic rings. The van der Waals surface area contributed by atoms with Crippen LogP contribution < -0.4 is 5.32 Å². The molecule has 0 aliphatic carbocycles. The van der Waals surface area contributed by atoms with E-state index in [0.29, 0.717) is 5.41 Å². The molecule has 2 aromatic carbocycles. The number of H-pyrrole nitrogens is 1. The van der Waals surface area contributed by atoms with Crippen LogP contribution in [-0.4, -0.2) is 32.8 Å². The standard InChI is InChI=1S/C26H31N5/c1-2-5-21(6-3-1)10-12-26(13-15-27-16-14-26)11-4-7-22-18-28-25-9-8-23(17-24(22)25)31-19-29-30-20-31/h1-3,5-6,8-9,17-20,27-28H,4,7,10-16H2. The summed E-state index contributed by atoms with van der Waals surface area (Å²) in [5.74, 6) is 0. The van der Waals surface area contributed by atoms with Gasteiger partial charge in [-0.15, -0.1) is 10.2 Å². The maximum atomic E-state index is 3.94. The zero-order chi connectivity index (χ0) is 20.9. The number of hydrogen-bond donors (Lipinski definition) is 2. The Morgan fingerprint density at radius 2 is 1.71 bits per heavy atom. The van der Waals surface area contributed by atoms with Crippen LogP contribution in [0.3, 0.4) is 0 Å². The summed E-state index contributed by atoms with van der Waals surface area (Å²) in [6, 6.07) is 17.5. The second kappa shape index (κ2) is 9.06. The van der Waals surface area contributed by atoms with Crippen LogP contribution in [0.2, 0.25) is 0 Å². The monoisotopic (exact) mass is 413 g/mol. The number of fused-ring (bicyclic) bond motifs is 1. The molecular formula is C26H31N5. The summed E-state index contributed by atoms with van der Waals surface area (Å²) in [5, 5.41) is 12.8. The fourth-order valence-corrected chi connectivity index (χ4v) is 5.16. The lowest BCUT2D eigenvalue weighted by Gasteiger charge is -2.38. The molecule has 0 bridgehead atoms. The van der Waals surface area contributed by atoms with E-state index < -0.39 is 0 Å². The number of aromatic amines is 1. The van der Waals surface area contributed by atoms with Crippen LogP contribution in [0.15, 0.2) is 67.4 Å². The number of nitrogens with one attached hydrogen (secondary N) is 2. The Labute approximate surface area is 183 Å². The average molecular weight is 414 g/mol. The fourth-order valence-electron chi connectivity index (χ4n) is 5.16. The van der Waals surface area contributed by atoms with E-state index in [1.165, 1.54) is 60.6 Å². The summed E-state index contributed by atoms with van der Waals surface area (Å²) >= 11 is 0. The number of benzene rings is 2. The maximum Gasteiger partial charge on any atom is 0.123 e. The molecule has 0 atom stereocenters. The van der Waals surface area contributed by atoms with Crippen molar-refractivity contribution in [2.45, 2.75) is 44.9 Å². The van der Waals surface area contributed by atoms with Gasteiger partial charge in [0.15, 0.2) is 0 Å². The van der Waals surface area contributed by atoms with E-state index >= 15 is 0 Å². The molecule has 31 heavy (non-hydrogen) atoms. The molecule has 160 valence electrons. The van der Waals surface area contributed by atoms with Crippen molar-refractivity contribution in [3.05, 3.63) is 78.5 Å². The van der Waals surface area contributed by atoms with Crippen LogP contribution in [0.5, 0.6) is 0 Å². The van der Waals surface area contributed by atoms with Gasteiger partial charge in [-0.1, -0.05) is 30.3 Å². The molecule has 1 fully saturated rings. The molecule has 0 saturated carbocycles. The molecule has 0 radical (unpaired) electrons. The van der Waals surface area contributed by atoms with Crippen LogP contribution in [0, 0.1) is 5.41 Å². The van der Waals surface area contributed by atoms with Gasteiger partial charge in [-0.25, -0.2) is 0 Å². The number of nitrogens with zero attached hydrogens (tertiary/aromatic N) is 3. The highest BCUT2D eigenvalue weighted by atomic mass is 15.2. The van der Waals surface area contributed by atoms with Crippen molar-refractivity contribution in [1.29, 1.82) is 0 Å². The smallest absolute Gasteiger partial charge is 0.123 e. The van der Waals surface area contributed by atoms with Crippen LogP contribution in [0.25, 0.3) is 16.6 Å². The van der Waals surface area contributed by atoms with Gasteiger partial charge in [0.1, 0.15) is 12.7 Å². The van der Waals surface area contributed by atoms with Gasteiger partial charge in [0.2, 0.25) is 0 Å². The first-order valence-corrected chi connectivity index (χ1v) is 11.5. The number of aromatic nitrogens is 4. The zero-order valence-corrected chi connectivity index (χ0v) is 18.1. The lowest BCUT2D eigenvalue weighted by atomic mass is 9.71. The second-order valence-electron chi connectivity index (χ2n) is 9.00. The summed E-state index contributed by atoms with van der Waals surface area (Å²) in [6.45, 7) is 2.31. The van der Waals surface area contributed by atoms with Crippen molar-refractivity contribution >= 4 is 10.9 Å². The van der Waals surface area contributed by atoms with Crippen molar-refractivity contribution in [3.63, 3.8) is 0 Å². The minimum absolute atomic E-state index is 0.473. The van der Waals surface area contributed by atoms with E-state index in [1.54, 1.807) is 12.7 Å². The lowest BCUT2D eigenvalue weighted by molar-refractivity contribution is 0.165. The van der Waals surface area contributed by atoms with E-state index in [0.717, 1.165) is 25.2 Å². The minimum atomic E-state index is 0.473. The third kappa shape index (κ3) is 4.57. The molecule has 5 heteroatoms. The van der Waals surface area contributed by atoms with Gasteiger partial charge in [0, 0.05) is 22.8 Å². The van der Waals surface area contributed by atoms with E-state index in [1.807, 2.05) is 4.57 Å². The van der Waals surface area contributed by atoms with Crippen molar-refractivity contribution in [2.75, 3.05) is 13.1 Å². The molecule has 1 aliphatic rings. The fraction of sp³-hybridized carbons (Fsp3) is 0.385. The van der Waals surface area contributed by atoms with E-state index in [-0.39, 0.29) is 0 Å². The number of piperidine rings is 1.